The highest BCUT2D eigenvalue weighted by Crippen LogP contribution is 2.26. The van der Waals surface area contributed by atoms with Gasteiger partial charge in [-0.2, -0.15) is 0 Å². The van der Waals surface area contributed by atoms with E-state index in [-0.39, 0.29) is 22.4 Å². The van der Waals surface area contributed by atoms with Gasteiger partial charge in [0.05, 0.1) is 16.2 Å². The van der Waals surface area contributed by atoms with E-state index >= 15 is 0 Å². The minimum Gasteiger partial charge on any atom is -0.336 e. The smallest absolute Gasteiger partial charge is 0.264 e. The van der Waals surface area contributed by atoms with E-state index in [2.05, 4.69) is 14.6 Å². The van der Waals surface area contributed by atoms with E-state index in [9.17, 15) is 17.6 Å². The first-order valence-corrected chi connectivity index (χ1v) is 14.3. The van der Waals surface area contributed by atoms with Crippen LogP contribution in [0, 0.1) is 5.82 Å². The Bertz CT molecular complexity index is 1640. The molecule has 3 aromatic carbocycles. The number of carbonyl (C=O) groups is 1. The second-order valence-corrected chi connectivity index (χ2v) is 11.4. The van der Waals surface area contributed by atoms with E-state index in [1.807, 2.05) is 0 Å². The van der Waals surface area contributed by atoms with Gasteiger partial charge in [-0.05, 0) is 53.6 Å². The molecule has 5 rings (SSSR count). The number of carbonyl (C=O) groups excluding carboxylic acids is 1. The van der Waals surface area contributed by atoms with Crippen molar-refractivity contribution in [2.75, 3.05) is 30.9 Å². The van der Waals surface area contributed by atoms with E-state index in [4.69, 9.17) is 17.3 Å². The minimum atomic E-state index is -3.96. The van der Waals surface area contributed by atoms with E-state index in [1.54, 1.807) is 65.7 Å². The van der Waals surface area contributed by atoms with Crippen LogP contribution in [0.3, 0.4) is 0 Å². The van der Waals surface area contributed by atoms with Crippen molar-refractivity contribution in [3.8, 4) is 0 Å². The third-order valence-electron chi connectivity index (χ3n) is 6.75. The monoisotopic (exact) mass is 567 g/mol. The number of nitrogens with one attached hydrogen (secondary N) is 1. The number of halogens is 2. The van der Waals surface area contributed by atoms with Gasteiger partial charge in [0, 0.05) is 56.4 Å². The lowest BCUT2D eigenvalue weighted by Crippen LogP contribution is -2.48. The summed E-state index contributed by atoms with van der Waals surface area (Å²) >= 11 is 5.77. The molecule has 11 heteroatoms. The number of sulfonamides is 1. The van der Waals surface area contributed by atoms with Crippen molar-refractivity contribution in [2.24, 2.45) is 5.73 Å². The first-order valence-electron chi connectivity index (χ1n) is 12.4. The number of nitrogens with zero attached hydrogens (tertiary/aromatic N) is 3. The summed E-state index contributed by atoms with van der Waals surface area (Å²) in [4.78, 5) is 21.4. The molecule has 1 amide bonds. The van der Waals surface area contributed by atoms with E-state index in [0.717, 1.165) is 5.56 Å². The van der Waals surface area contributed by atoms with Crippen molar-refractivity contribution in [2.45, 2.75) is 18.0 Å². The van der Waals surface area contributed by atoms with Crippen LogP contribution in [0.2, 0.25) is 5.02 Å². The topological polar surface area (TPSA) is 109 Å². The van der Waals surface area contributed by atoms with Crippen molar-refractivity contribution in [3.63, 3.8) is 0 Å². The molecule has 0 radical (unpaired) electrons. The second-order valence-electron chi connectivity index (χ2n) is 9.33. The number of anilines is 1. The molecule has 1 aliphatic rings. The summed E-state index contributed by atoms with van der Waals surface area (Å²) in [6, 6.07) is 18.1. The van der Waals surface area contributed by atoms with E-state index in [1.165, 1.54) is 12.1 Å². The summed E-state index contributed by atoms with van der Waals surface area (Å²) in [6.07, 6.45) is 1.55. The van der Waals surface area contributed by atoms with Gasteiger partial charge in [-0.25, -0.2) is 12.8 Å². The number of amides is 1. The quantitative estimate of drug-likeness (QED) is 0.346. The van der Waals surface area contributed by atoms with Crippen LogP contribution in [0.1, 0.15) is 21.5 Å². The lowest BCUT2D eigenvalue weighted by atomic mass is 10.1. The van der Waals surface area contributed by atoms with Crippen LogP contribution in [0.25, 0.3) is 10.9 Å². The largest absolute Gasteiger partial charge is 0.336 e. The molecule has 39 heavy (non-hydrogen) atoms. The first kappa shape index (κ1) is 27.0. The Kier molecular flexibility index (Phi) is 7.81. The first-order chi connectivity index (χ1) is 18.7. The Morgan fingerprint density at radius 2 is 1.79 bits per heavy atom. The number of para-hydroxylation sites is 1. The van der Waals surface area contributed by atoms with Gasteiger partial charge < -0.3 is 10.6 Å². The summed E-state index contributed by atoms with van der Waals surface area (Å²) in [5.74, 6) is -0.604. The predicted molar refractivity (Wildman–Crippen MR) is 149 cm³/mol. The van der Waals surface area contributed by atoms with Gasteiger partial charge in [-0.3, -0.25) is 19.4 Å². The lowest BCUT2D eigenvalue weighted by Gasteiger charge is -2.35. The number of nitrogens with two attached hydrogens (primary N) is 1. The summed E-state index contributed by atoms with van der Waals surface area (Å²) in [6.45, 7) is 2.89. The lowest BCUT2D eigenvalue weighted by molar-refractivity contribution is 0.0628. The standard InChI is InChI=1S/C28H27ClFN5O3S/c29-23-8-6-19(15-24(23)30)18-34-11-13-35(14-12-34)28(36)21-7-9-25(22(16-21)17-31)33-39(37,38)26-5-1-3-20-4-2-10-32-27(20)26/h1-10,15-16,33H,11-14,17-18,31H2. The molecule has 0 bridgehead atoms. The second kappa shape index (κ2) is 11.3. The van der Waals surface area contributed by atoms with Crippen LogP contribution in [0.4, 0.5) is 10.1 Å². The number of rotatable bonds is 7. The molecule has 1 saturated heterocycles. The molecule has 0 saturated carbocycles. The van der Waals surface area contributed by atoms with Crippen molar-refractivity contribution in [3.05, 3.63) is 100 Å². The number of hydrogen-bond acceptors (Lipinski definition) is 6. The van der Waals surface area contributed by atoms with Gasteiger partial charge in [0.25, 0.3) is 15.9 Å². The molecular formula is C28H27ClFN5O3S. The average Bonchev–Trinajstić information content (AvgIpc) is 2.95. The third-order valence-corrected chi connectivity index (χ3v) is 8.45. The van der Waals surface area contributed by atoms with Gasteiger partial charge in [0.2, 0.25) is 0 Å². The Morgan fingerprint density at radius 1 is 1.03 bits per heavy atom. The van der Waals surface area contributed by atoms with Gasteiger partial charge in [-0.15, -0.1) is 0 Å². The molecule has 2 heterocycles. The average molecular weight is 568 g/mol. The molecule has 1 aromatic heterocycles. The number of piperazine rings is 1. The van der Waals surface area contributed by atoms with Crippen LogP contribution < -0.4 is 10.5 Å². The number of fused-ring (bicyclic) bond motifs is 1. The van der Waals surface area contributed by atoms with Crippen LogP contribution in [0.15, 0.2) is 77.8 Å². The molecule has 3 N–H and O–H groups in total. The summed E-state index contributed by atoms with van der Waals surface area (Å²) < 4.78 is 42.9. The maximum absolute atomic E-state index is 13.8. The number of pyridine rings is 1. The highest BCUT2D eigenvalue weighted by atomic mass is 35.5. The molecule has 8 nitrogen and oxygen atoms in total. The number of benzene rings is 3. The molecule has 4 aromatic rings. The van der Waals surface area contributed by atoms with Crippen LogP contribution in [-0.2, 0) is 23.1 Å². The molecule has 0 spiro atoms. The van der Waals surface area contributed by atoms with Gasteiger partial charge in [-0.1, -0.05) is 35.9 Å². The zero-order valence-corrected chi connectivity index (χ0v) is 22.6. The zero-order chi connectivity index (χ0) is 27.6. The van der Waals surface area contributed by atoms with Gasteiger partial charge in [0.15, 0.2) is 0 Å². The number of hydrogen-bond donors (Lipinski definition) is 2. The summed E-state index contributed by atoms with van der Waals surface area (Å²) in [7, 11) is -3.96. The number of aromatic nitrogens is 1. The van der Waals surface area contributed by atoms with E-state index in [0.29, 0.717) is 60.4 Å². The third kappa shape index (κ3) is 5.89. The van der Waals surface area contributed by atoms with Crippen molar-refractivity contribution in [1.82, 2.24) is 14.8 Å². The van der Waals surface area contributed by atoms with Crippen molar-refractivity contribution < 1.29 is 17.6 Å². The Morgan fingerprint density at radius 3 is 2.54 bits per heavy atom. The molecule has 1 aliphatic heterocycles. The van der Waals surface area contributed by atoms with Crippen LogP contribution in [-0.4, -0.2) is 55.3 Å². The predicted octanol–water partition coefficient (Wildman–Crippen LogP) is 4.24. The summed E-state index contributed by atoms with van der Waals surface area (Å²) in [5, 5.41) is 0.802. The maximum atomic E-state index is 13.8. The molecular weight excluding hydrogens is 541 g/mol. The maximum Gasteiger partial charge on any atom is 0.264 e. The zero-order valence-electron chi connectivity index (χ0n) is 21.0. The highest BCUT2D eigenvalue weighted by molar-refractivity contribution is 7.93. The SMILES string of the molecule is NCc1cc(C(=O)N2CCN(Cc3ccc(Cl)c(F)c3)CC2)ccc1NS(=O)(=O)c1cccc2cccnc12. The fourth-order valence-electron chi connectivity index (χ4n) is 4.68. The molecule has 0 aliphatic carbocycles. The Balaban J connectivity index is 1.27. The molecule has 0 unspecified atom stereocenters. The van der Waals surface area contributed by atoms with E-state index < -0.39 is 15.8 Å². The fraction of sp³-hybridized carbons (Fsp3) is 0.214. The Labute approximate surface area is 231 Å². The normalized spacial score (nSPS) is 14.5. The van der Waals surface area contributed by atoms with Crippen molar-refractivity contribution in [1.29, 1.82) is 0 Å². The van der Waals surface area contributed by atoms with Crippen LogP contribution >= 0.6 is 11.6 Å². The fourth-order valence-corrected chi connectivity index (χ4v) is 6.07. The summed E-state index contributed by atoms with van der Waals surface area (Å²) in [5.41, 5.74) is 8.37. The van der Waals surface area contributed by atoms with Gasteiger partial charge in [0.1, 0.15) is 10.7 Å². The minimum absolute atomic E-state index is 0.0399. The van der Waals surface area contributed by atoms with Crippen molar-refractivity contribution >= 4 is 44.1 Å². The Hall–Kier alpha value is -3.57. The van der Waals surface area contributed by atoms with Gasteiger partial charge >= 0.3 is 0 Å². The highest BCUT2D eigenvalue weighted by Gasteiger charge is 2.24. The molecule has 0 atom stereocenters. The molecule has 1 fully saturated rings. The van der Waals surface area contributed by atoms with Crippen LogP contribution in [0.5, 0.6) is 0 Å². The molecule has 202 valence electrons.